The summed E-state index contributed by atoms with van der Waals surface area (Å²) in [7, 11) is 0. The van der Waals surface area contributed by atoms with Crippen LogP contribution >= 0.6 is 0 Å². The number of hydrogen-bond acceptors (Lipinski definition) is 2. The quantitative estimate of drug-likeness (QED) is 0.846. The minimum absolute atomic E-state index is 0.112. The van der Waals surface area contributed by atoms with Gasteiger partial charge in [-0.2, -0.15) is 0 Å². The fourth-order valence-corrected chi connectivity index (χ4v) is 2.32. The number of aromatic amines is 1. The van der Waals surface area contributed by atoms with Crippen molar-refractivity contribution in [3.8, 4) is 0 Å². The summed E-state index contributed by atoms with van der Waals surface area (Å²) in [5.74, 6) is 0.543. The van der Waals surface area contributed by atoms with Crippen LogP contribution < -0.4 is 0 Å². The molecule has 0 amide bonds. The van der Waals surface area contributed by atoms with Crippen molar-refractivity contribution in [3.63, 3.8) is 0 Å². The van der Waals surface area contributed by atoms with Crippen molar-refractivity contribution >= 4 is 17.0 Å². The fraction of sp³-hybridized carbons (Fsp3) is 0.385. The van der Waals surface area contributed by atoms with Crippen molar-refractivity contribution in [1.82, 2.24) is 9.97 Å². The van der Waals surface area contributed by atoms with Crippen molar-refractivity contribution in [1.29, 1.82) is 0 Å². The molecule has 3 rings (SSSR count). The molecule has 0 bridgehead atoms. The summed E-state index contributed by atoms with van der Waals surface area (Å²) in [6.07, 6.45) is 2.58. The van der Waals surface area contributed by atoms with Crippen molar-refractivity contribution < 1.29 is 9.90 Å². The molecule has 1 saturated carbocycles. The number of H-pyrrole nitrogens is 1. The average molecular weight is 230 g/mol. The predicted molar refractivity (Wildman–Crippen MR) is 63.6 cm³/mol. The second-order valence-electron chi connectivity index (χ2n) is 4.68. The number of aromatic nitrogens is 2. The van der Waals surface area contributed by atoms with Crippen LogP contribution in [-0.4, -0.2) is 21.0 Å². The van der Waals surface area contributed by atoms with E-state index in [4.69, 9.17) is 5.11 Å². The predicted octanol–water partition coefficient (Wildman–Crippen LogP) is 2.22. The lowest BCUT2D eigenvalue weighted by Gasteiger charge is -1.95. The number of fused-ring (bicyclic) bond motifs is 1. The fourth-order valence-electron chi connectivity index (χ4n) is 2.32. The van der Waals surface area contributed by atoms with E-state index in [9.17, 15) is 4.79 Å². The van der Waals surface area contributed by atoms with Crippen LogP contribution in [0.1, 0.15) is 18.7 Å². The number of rotatable bonds is 4. The molecule has 1 aliphatic carbocycles. The standard InChI is InChI=1S/C13H14N2O2/c16-13(17)9-7-8(9)5-6-12-14-10-3-1-2-4-11(10)15-12/h1-4,8-9H,5-7H2,(H,14,15)(H,16,17). The number of hydrogen-bond donors (Lipinski definition) is 2. The molecule has 2 unspecified atom stereocenters. The Hall–Kier alpha value is -1.84. The van der Waals surface area contributed by atoms with Crippen molar-refractivity contribution in [2.24, 2.45) is 11.8 Å². The van der Waals surface area contributed by atoms with Crippen molar-refractivity contribution in [2.75, 3.05) is 0 Å². The lowest BCUT2D eigenvalue weighted by molar-refractivity contribution is -0.138. The molecular weight excluding hydrogens is 216 g/mol. The molecule has 0 radical (unpaired) electrons. The van der Waals surface area contributed by atoms with Gasteiger partial charge in [0.1, 0.15) is 5.82 Å². The molecule has 0 saturated heterocycles. The molecule has 88 valence electrons. The van der Waals surface area contributed by atoms with E-state index in [0.717, 1.165) is 36.1 Å². The molecule has 1 heterocycles. The Morgan fingerprint density at radius 3 is 3.00 bits per heavy atom. The lowest BCUT2D eigenvalue weighted by atomic mass is 10.2. The first-order valence-electron chi connectivity index (χ1n) is 5.90. The van der Waals surface area contributed by atoms with Crippen LogP contribution in [0.2, 0.25) is 0 Å². The second-order valence-corrected chi connectivity index (χ2v) is 4.68. The number of nitrogens with one attached hydrogen (secondary N) is 1. The third-order valence-corrected chi connectivity index (χ3v) is 3.43. The van der Waals surface area contributed by atoms with Gasteiger partial charge in [0.25, 0.3) is 0 Å². The molecule has 4 nitrogen and oxygen atoms in total. The minimum atomic E-state index is -0.653. The second kappa shape index (κ2) is 3.87. The molecule has 4 heteroatoms. The van der Waals surface area contributed by atoms with Crippen LogP contribution in [0.5, 0.6) is 0 Å². The topological polar surface area (TPSA) is 66.0 Å². The Kier molecular flexibility index (Phi) is 2.35. The van der Waals surface area contributed by atoms with E-state index in [1.807, 2.05) is 24.3 Å². The molecule has 0 spiro atoms. The molecule has 1 fully saturated rings. The lowest BCUT2D eigenvalue weighted by Crippen LogP contribution is -2.00. The van der Waals surface area contributed by atoms with E-state index in [1.165, 1.54) is 0 Å². The number of imidazole rings is 1. The van der Waals surface area contributed by atoms with Gasteiger partial charge in [-0.15, -0.1) is 0 Å². The molecule has 2 N–H and O–H groups in total. The minimum Gasteiger partial charge on any atom is -0.481 e. The zero-order valence-corrected chi connectivity index (χ0v) is 9.39. The Labute approximate surface area is 98.7 Å². The molecule has 1 aromatic heterocycles. The van der Waals surface area contributed by atoms with Gasteiger partial charge in [0.05, 0.1) is 17.0 Å². The first-order valence-corrected chi connectivity index (χ1v) is 5.90. The smallest absolute Gasteiger partial charge is 0.306 e. The first-order chi connectivity index (χ1) is 8.24. The number of carbonyl (C=O) groups is 1. The Morgan fingerprint density at radius 1 is 1.47 bits per heavy atom. The summed E-state index contributed by atoms with van der Waals surface area (Å²) in [4.78, 5) is 18.4. The van der Waals surface area contributed by atoms with Crippen LogP contribution in [-0.2, 0) is 11.2 Å². The van der Waals surface area contributed by atoms with Gasteiger partial charge in [-0.05, 0) is 30.9 Å². The highest BCUT2D eigenvalue weighted by atomic mass is 16.4. The largest absolute Gasteiger partial charge is 0.481 e. The average Bonchev–Trinajstić information content (AvgIpc) is 2.98. The highest BCUT2D eigenvalue weighted by molar-refractivity contribution is 5.75. The number of nitrogens with zero attached hydrogens (tertiary/aromatic N) is 1. The third-order valence-electron chi connectivity index (χ3n) is 3.43. The van der Waals surface area contributed by atoms with E-state index < -0.39 is 5.97 Å². The number of carboxylic acid groups (broad SMARTS) is 1. The van der Waals surface area contributed by atoms with Crippen molar-refractivity contribution in [2.45, 2.75) is 19.3 Å². The summed E-state index contributed by atoms with van der Waals surface area (Å²) in [6, 6.07) is 7.93. The number of para-hydroxylation sites is 2. The number of aliphatic carboxylic acids is 1. The normalized spacial score (nSPS) is 22.8. The van der Waals surface area contributed by atoms with Gasteiger partial charge in [0, 0.05) is 6.42 Å². The summed E-state index contributed by atoms with van der Waals surface area (Å²) >= 11 is 0. The summed E-state index contributed by atoms with van der Waals surface area (Å²) in [6.45, 7) is 0. The van der Waals surface area contributed by atoms with Crippen LogP contribution in [0.3, 0.4) is 0 Å². The van der Waals surface area contributed by atoms with Crippen molar-refractivity contribution in [3.05, 3.63) is 30.1 Å². The maximum atomic E-state index is 10.7. The monoisotopic (exact) mass is 230 g/mol. The van der Waals surface area contributed by atoms with Gasteiger partial charge < -0.3 is 10.1 Å². The highest BCUT2D eigenvalue weighted by Gasteiger charge is 2.42. The summed E-state index contributed by atoms with van der Waals surface area (Å²) in [5, 5.41) is 8.81. The van der Waals surface area contributed by atoms with E-state index in [2.05, 4.69) is 9.97 Å². The molecule has 0 aliphatic heterocycles. The van der Waals surface area contributed by atoms with Crippen LogP contribution in [0, 0.1) is 11.8 Å². The van der Waals surface area contributed by atoms with Crippen LogP contribution in [0.15, 0.2) is 24.3 Å². The Balaban J connectivity index is 1.64. The third kappa shape index (κ3) is 2.02. The van der Waals surface area contributed by atoms with Gasteiger partial charge in [0.2, 0.25) is 0 Å². The SMILES string of the molecule is O=C(O)C1CC1CCc1nc2ccccc2[nH]1. The van der Waals surface area contributed by atoms with Crippen LogP contribution in [0.4, 0.5) is 0 Å². The summed E-state index contributed by atoms with van der Waals surface area (Å²) in [5.41, 5.74) is 2.03. The van der Waals surface area contributed by atoms with E-state index in [-0.39, 0.29) is 5.92 Å². The highest BCUT2D eigenvalue weighted by Crippen LogP contribution is 2.41. The van der Waals surface area contributed by atoms with Gasteiger partial charge in [-0.25, -0.2) is 4.98 Å². The van der Waals surface area contributed by atoms with Gasteiger partial charge in [0.15, 0.2) is 0 Å². The van der Waals surface area contributed by atoms with Gasteiger partial charge in [-0.3, -0.25) is 4.79 Å². The molecule has 17 heavy (non-hydrogen) atoms. The van der Waals surface area contributed by atoms with E-state index in [1.54, 1.807) is 0 Å². The molecule has 1 aliphatic rings. The number of benzene rings is 1. The Bertz CT molecular complexity index is 528. The first kappa shape index (κ1) is 10.3. The maximum absolute atomic E-state index is 10.7. The number of aryl methyl sites for hydroxylation is 1. The van der Waals surface area contributed by atoms with E-state index in [0.29, 0.717) is 5.92 Å². The molecule has 1 aromatic carbocycles. The zero-order chi connectivity index (χ0) is 11.8. The van der Waals surface area contributed by atoms with Gasteiger partial charge in [-0.1, -0.05) is 12.1 Å². The molecule has 2 aromatic rings. The maximum Gasteiger partial charge on any atom is 0.306 e. The van der Waals surface area contributed by atoms with Crippen LogP contribution in [0.25, 0.3) is 11.0 Å². The Morgan fingerprint density at radius 2 is 2.29 bits per heavy atom. The number of carboxylic acids is 1. The summed E-state index contributed by atoms with van der Waals surface area (Å²) < 4.78 is 0. The van der Waals surface area contributed by atoms with E-state index >= 15 is 0 Å². The molecular formula is C13H14N2O2. The zero-order valence-electron chi connectivity index (χ0n) is 9.39. The van der Waals surface area contributed by atoms with Gasteiger partial charge >= 0.3 is 5.97 Å². The molecule has 2 atom stereocenters.